The zero-order valence-corrected chi connectivity index (χ0v) is 14.9. The van der Waals surface area contributed by atoms with Crippen molar-refractivity contribution in [2.45, 2.75) is 0 Å². The van der Waals surface area contributed by atoms with Crippen LogP contribution >= 0.6 is 0 Å². The molecular formula is C23H20N2O. The van der Waals surface area contributed by atoms with E-state index in [2.05, 4.69) is 29.2 Å². The summed E-state index contributed by atoms with van der Waals surface area (Å²) in [4.78, 5) is 6.90. The molecule has 0 fully saturated rings. The number of hydrogen-bond donors (Lipinski definition) is 0. The molecule has 0 bridgehead atoms. The fourth-order valence-electron chi connectivity index (χ4n) is 2.92. The van der Waals surface area contributed by atoms with Crippen LogP contribution in [0.4, 0.5) is 5.69 Å². The first-order valence-corrected chi connectivity index (χ1v) is 8.62. The maximum atomic E-state index is 6.20. The van der Waals surface area contributed by atoms with Crippen molar-refractivity contribution < 1.29 is 4.42 Å². The van der Waals surface area contributed by atoms with E-state index in [0.717, 1.165) is 33.8 Å². The van der Waals surface area contributed by atoms with Crippen LogP contribution in [-0.4, -0.2) is 19.1 Å². The number of oxazole rings is 1. The zero-order chi connectivity index (χ0) is 17.9. The summed E-state index contributed by atoms with van der Waals surface area (Å²) in [7, 11) is 4.07. The maximum Gasteiger partial charge on any atom is 0.227 e. The molecule has 1 aromatic heterocycles. The molecule has 128 valence electrons. The van der Waals surface area contributed by atoms with E-state index in [-0.39, 0.29) is 0 Å². The molecule has 0 aliphatic rings. The summed E-state index contributed by atoms with van der Waals surface area (Å²) < 4.78 is 6.20. The third kappa shape index (κ3) is 3.11. The minimum atomic E-state index is 0.635. The van der Waals surface area contributed by atoms with Crippen molar-refractivity contribution in [3.8, 4) is 34.0 Å². The van der Waals surface area contributed by atoms with Crippen molar-refractivity contribution in [2.24, 2.45) is 0 Å². The minimum absolute atomic E-state index is 0.635. The molecule has 0 amide bonds. The van der Waals surface area contributed by atoms with Gasteiger partial charge >= 0.3 is 0 Å². The van der Waals surface area contributed by atoms with E-state index in [4.69, 9.17) is 9.40 Å². The fraction of sp³-hybridized carbons (Fsp3) is 0.0870. The number of benzene rings is 3. The highest BCUT2D eigenvalue weighted by molar-refractivity contribution is 5.79. The number of nitrogens with zero attached hydrogens (tertiary/aromatic N) is 2. The van der Waals surface area contributed by atoms with Crippen LogP contribution in [0.15, 0.2) is 89.3 Å². The lowest BCUT2D eigenvalue weighted by Gasteiger charge is -2.12. The Labute approximate surface area is 153 Å². The first-order valence-electron chi connectivity index (χ1n) is 8.62. The predicted octanol–water partition coefficient (Wildman–Crippen LogP) is 5.74. The topological polar surface area (TPSA) is 29.3 Å². The Kier molecular flexibility index (Phi) is 4.28. The average molecular weight is 340 g/mol. The largest absolute Gasteiger partial charge is 0.435 e. The van der Waals surface area contributed by atoms with Gasteiger partial charge in [-0.3, -0.25) is 0 Å². The lowest BCUT2D eigenvalue weighted by molar-refractivity contribution is 0.589. The third-order valence-electron chi connectivity index (χ3n) is 4.34. The van der Waals surface area contributed by atoms with Crippen molar-refractivity contribution in [2.75, 3.05) is 19.0 Å². The smallest absolute Gasteiger partial charge is 0.227 e. The predicted molar refractivity (Wildman–Crippen MR) is 107 cm³/mol. The molecule has 0 spiro atoms. The fourth-order valence-corrected chi connectivity index (χ4v) is 2.92. The standard InChI is InChI=1S/C23H20N2O/c1-25(2)20-15-13-17(14-16-20)21-22(18-9-5-3-6-10-18)26-23(24-21)19-11-7-4-8-12-19/h3-16H,1-2H3. The lowest BCUT2D eigenvalue weighted by Crippen LogP contribution is -2.07. The first-order chi connectivity index (χ1) is 12.7. The molecule has 4 rings (SSSR count). The van der Waals surface area contributed by atoms with Gasteiger partial charge in [0.1, 0.15) is 5.69 Å². The summed E-state index contributed by atoms with van der Waals surface area (Å²) in [6.07, 6.45) is 0. The monoisotopic (exact) mass is 340 g/mol. The Balaban J connectivity index is 1.85. The number of hydrogen-bond acceptors (Lipinski definition) is 3. The van der Waals surface area contributed by atoms with Crippen molar-refractivity contribution in [1.29, 1.82) is 0 Å². The molecule has 0 atom stereocenters. The van der Waals surface area contributed by atoms with Gasteiger partial charge in [0, 0.05) is 36.5 Å². The van der Waals surface area contributed by atoms with Gasteiger partial charge in [0.15, 0.2) is 5.76 Å². The van der Waals surface area contributed by atoms with Gasteiger partial charge in [-0.05, 0) is 24.3 Å². The molecular weight excluding hydrogens is 320 g/mol. The molecule has 0 saturated heterocycles. The highest BCUT2D eigenvalue weighted by Crippen LogP contribution is 2.36. The molecule has 4 aromatic rings. The maximum absolute atomic E-state index is 6.20. The zero-order valence-electron chi connectivity index (χ0n) is 14.9. The van der Waals surface area contributed by atoms with E-state index in [9.17, 15) is 0 Å². The van der Waals surface area contributed by atoms with E-state index >= 15 is 0 Å². The molecule has 3 aromatic carbocycles. The Morgan fingerprint density at radius 3 is 1.81 bits per heavy atom. The van der Waals surface area contributed by atoms with E-state index in [1.54, 1.807) is 0 Å². The summed E-state index contributed by atoms with van der Waals surface area (Å²) in [6.45, 7) is 0. The average Bonchev–Trinajstić information content (AvgIpc) is 3.15. The molecule has 1 heterocycles. The molecule has 0 saturated carbocycles. The molecule has 0 aliphatic carbocycles. The Hall–Kier alpha value is -3.33. The molecule has 3 nitrogen and oxygen atoms in total. The molecule has 0 unspecified atom stereocenters. The summed E-state index contributed by atoms with van der Waals surface area (Å²) in [5.74, 6) is 1.43. The van der Waals surface area contributed by atoms with Crippen LogP contribution in [0, 0.1) is 0 Å². The van der Waals surface area contributed by atoms with Gasteiger partial charge in [0.05, 0.1) is 0 Å². The van der Waals surface area contributed by atoms with Crippen molar-refractivity contribution in [3.63, 3.8) is 0 Å². The molecule has 0 N–H and O–H groups in total. The first kappa shape index (κ1) is 16.2. The van der Waals surface area contributed by atoms with Crippen LogP contribution in [0.5, 0.6) is 0 Å². The Bertz CT molecular complexity index is 988. The summed E-state index contributed by atoms with van der Waals surface area (Å²) in [6, 6.07) is 28.5. The Morgan fingerprint density at radius 1 is 0.654 bits per heavy atom. The summed E-state index contributed by atoms with van der Waals surface area (Å²) in [5.41, 5.74) is 5.05. The normalized spacial score (nSPS) is 10.7. The number of anilines is 1. The van der Waals surface area contributed by atoms with Crippen LogP contribution < -0.4 is 4.90 Å². The Morgan fingerprint density at radius 2 is 1.23 bits per heavy atom. The second-order valence-corrected chi connectivity index (χ2v) is 6.37. The minimum Gasteiger partial charge on any atom is -0.435 e. The summed E-state index contributed by atoms with van der Waals surface area (Å²) >= 11 is 0. The molecule has 0 radical (unpaired) electrons. The van der Waals surface area contributed by atoms with E-state index in [1.165, 1.54) is 0 Å². The van der Waals surface area contributed by atoms with Crippen molar-refractivity contribution in [1.82, 2.24) is 4.98 Å². The number of aromatic nitrogens is 1. The van der Waals surface area contributed by atoms with Gasteiger partial charge in [-0.25, -0.2) is 4.98 Å². The molecule has 0 aliphatic heterocycles. The van der Waals surface area contributed by atoms with E-state index in [1.807, 2.05) is 74.8 Å². The quantitative estimate of drug-likeness (QED) is 0.474. The highest BCUT2D eigenvalue weighted by atomic mass is 16.4. The van der Waals surface area contributed by atoms with Gasteiger partial charge in [-0.15, -0.1) is 0 Å². The highest BCUT2D eigenvalue weighted by Gasteiger charge is 2.17. The van der Waals surface area contributed by atoms with Gasteiger partial charge in [-0.1, -0.05) is 60.7 Å². The molecule has 3 heteroatoms. The van der Waals surface area contributed by atoms with Crippen LogP contribution in [0.3, 0.4) is 0 Å². The summed E-state index contributed by atoms with van der Waals surface area (Å²) in [5, 5.41) is 0. The van der Waals surface area contributed by atoms with Crippen LogP contribution in [-0.2, 0) is 0 Å². The van der Waals surface area contributed by atoms with Crippen LogP contribution in [0.2, 0.25) is 0 Å². The second-order valence-electron chi connectivity index (χ2n) is 6.37. The van der Waals surface area contributed by atoms with Gasteiger partial charge in [-0.2, -0.15) is 0 Å². The van der Waals surface area contributed by atoms with Gasteiger partial charge in [0.2, 0.25) is 5.89 Å². The SMILES string of the molecule is CN(C)c1ccc(-c2nc(-c3ccccc3)oc2-c2ccccc2)cc1. The van der Waals surface area contributed by atoms with Gasteiger partial charge < -0.3 is 9.32 Å². The van der Waals surface area contributed by atoms with E-state index < -0.39 is 0 Å². The number of rotatable bonds is 4. The lowest BCUT2D eigenvalue weighted by atomic mass is 10.1. The van der Waals surface area contributed by atoms with E-state index in [0.29, 0.717) is 5.89 Å². The van der Waals surface area contributed by atoms with Crippen LogP contribution in [0.1, 0.15) is 0 Å². The third-order valence-corrected chi connectivity index (χ3v) is 4.34. The van der Waals surface area contributed by atoms with Crippen molar-refractivity contribution in [3.05, 3.63) is 84.9 Å². The van der Waals surface area contributed by atoms with Crippen molar-refractivity contribution >= 4 is 5.69 Å². The van der Waals surface area contributed by atoms with Gasteiger partial charge in [0.25, 0.3) is 0 Å². The van der Waals surface area contributed by atoms with Crippen LogP contribution in [0.25, 0.3) is 34.0 Å². The second kappa shape index (κ2) is 6.89. The molecule has 26 heavy (non-hydrogen) atoms.